The van der Waals surface area contributed by atoms with E-state index in [0.29, 0.717) is 0 Å². The molecule has 23 heavy (non-hydrogen) atoms. The van der Waals surface area contributed by atoms with Crippen molar-refractivity contribution in [3.8, 4) is 0 Å². The monoisotopic (exact) mass is 390 g/mol. The maximum Gasteiger partial charge on any atom is 0.416 e. The summed E-state index contributed by atoms with van der Waals surface area (Å²) in [7, 11) is 0. The van der Waals surface area contributed by atoms with E-state index >= 15 is 0 Å². The molecule has 0 aliphatic rings. The van der Waals surface area contributed by atoms with Crippen molar-refractivity contribution in [2.24, 2.45) is 5.92 Å². The molecule has 9 heteroatoms. The highest BCUT2D eigenvalue weighted by Gasteiger charge is 2.35. The Hall–Kier alpha value is -0.850. The number of anilines is 1. The Labute approximate surface area is 147 Å². The summed E-state index contributed by atoms with van der Waals surface area (Å²) in [5, 5.41) is 5.08. The lowest BCUT2D eigenvalue weighted by Crippen LogP contribution is -2.49. The number of carbonyl (C=O) groups excluding carboxylic acids is 1. The Morgan fingerprint density at radius 2 is 1.83 bits per heavy atom. The molecule has 0 saturated heterocycles. The van der Waals surface area contributed by atoms with Crippen LogP contribution in [-0.4, -0.2) is 15.9 Å². The summed E-state index contributed by atoms with van der Waals surface area (Å²) < 4.78 is 36.2. The Morgan fingerprint density at radius 3 is 2.30 bits per heavy atom. The molecule has 1 aromatic rings. The van der Waals surface area contributed by atoms with Crippen molar-refractivity contribution in [1.29, 1.82) is 0 Å². The van der Waals surface area contributed by atoms with Crippen LogP contribution in [0.4, 0.5) is 18.9 Å². The van der Waals surface area contributed by atoms with Crippen molar-refractivity contribution in [1.82, 2.24) is 5.32 Å². The predicted octanol–water partition coefficient (Wildman–Crippen LogP) is 4.98. The second kappa shape index (κ2) is 7.81. The van der Waals surface area contributed by atoms with Crippen LogP contribution in [0.5, 0.6) is 0 Å². The molecule has 0 unspecified atom stereocenters. The number of hydrogen-bond acceptors (Lipinski definition) is 2. The molecule has 1 atom stereocenters. The highest BCUT2D eigenvalue weighted by atomic mass is 35.6. The van der Waals surface area contributed by atoms with Gasteiger partial charge in [-0.1, -0.05) is 54.7 Å². The fourth-order valence-corrected chi connectivity index (χ4v) is 2.07. The molecule has 130 valence electrons. The second-order valence-corrected chi connectivity index (χ2v) is 7.73. The Kier molecular flexibility index (Phi) is 6.86. The fraction of sp³-hybridized carbons (Fsp3) is 0.500. The lowest BCUT2D eigenvalue weighted by Gasteiger charge is -2.28. The number of benzene rings is 1. The predicted molar refractivity (Wildman–Crippen MR) is 86.7 cm³/mol. The summed E-state index contributed by atoms with van der Waals surface area (Å²) in [4.78, 5) is 11.8. The van der Waals surface area contributed by atoms with Gasteiger partial charge in [0.25, 0.3) is 0 Å². The average molecular weight is 392 g/mol. The fourth-order valence-electron chi connectivity index (χ4n) is 1.74. The molecule has 0 aliphatic heterocycles. The molecular weight excluding hydrogens is 376 g/mol. The van der Waals surface area contributed by atoms with Crippen LogP contribution in [-0.2, 0) is 11.0 Å². The van der Waals surface area contributed by atoms with Crippen molar-refractivity contribution >= 4 is 46.4 Å². The summed E-state index contributed by atoms with van der Waals surface area (Å²) >= 11 is 17.4. The number of alkyl halides is 6. The zero-order valence-electron chi connectivity index (χ0n) is 12.3. The van der Waals surface area contributed by atoms with Gasteiger partial charge in [0.2, 0.25) is 9.70 Å². The van der Waals surface area contributed by atoms with Gasteiger partial charge in [-0.2, -0.15) is 13.2 Å². The van der Waals surface area contributed by atoms with Crippen LogP contribution in [0.1, 0.15) is 25.8 Å². The molecule has 2 N–H and O–H groups in total. The van der Waals surface area contributed by atoms with Crippen molar-refractivity contribution in [2.45, 2.75) is 36.4 Å². The minimum Gasteiger partial charge on any atom is -0.362 e. The lowest BCUT2D eigenvalue weighted by atomic mass is 10.1. The minimum absolute atomic E-state index is 0.0704. The van der Waals surface area contributed by atoms with Crippen molar-refractivity contribution < 1.29 is 18.0 Å². The molecule has 1 amide bonds. The molecule has 3 nitrogen and oxygen atoms in total. The standard InChI is InChI=1S/C14H16Cl3F3N2O/c1-8(2)6-11(23)22-12(13(15,16)17)21-10-5-3-4-9(7-10)14(18,19)20/h3-5,7-8,12,21H,6H2,1-2H3,(H,22,23)/t12-/m1/s1. The van der Waals surface area contributed by atoms with Crippen LogP contribution in [0.25, 0.3) is 0 Å². The molecule has 0 saturated carbocycles. The van der Waals surface area contributed by atoms with Gasteiger partial charge in [0, 0.05) is 12.1 Å². The number of amides is 1. The van der Waals surface area contributed by atoms with Gasteiger partial charge in [-0.05, 0) is 24.1 Å². The third-order valence-corrected chi connectivity index (χ3v) is 3.38. The Morgan fingerprint density at radius 1 is 1.22 bits per heavy atom. The van der Waals surface area contributed by atoms with E-state index in [1.165, 1.54) is 12.1 Å². The normalized spacial score (nSPS) is 13.8. The van der Waals surface area contributed by atoms with E-state index in [9.17, 15) is 18.0 Å². The number of nitrogens with one attached hydrogen (secondary N) is 2. The number of carbonyl (C=O) groups is 1. The molecule has 0 spiro atoms. The van der Waals surface area contributed by atoms with Gasteiger partial charge in [0.15, 0.2) is 0 Å². The summed E-state index contributed by atoms with van der Waals surface area (Å²) in [6.45, 7) is 3.67. The first-order valence-electron chi connectivity index (χ1n) is 6.69. The Balaban J connectivity index is 2.92. The first-order chi connectivity index (χ1) is 10.4. The van der Waals surface area contributed by atoms with Crippen molar-refractivity contribution in [3.63, 3.8) is 0 Å². The molecule has 0 bridgehead atoms. The maximum absolute atomic E-state index is 12.7. The van der Waals surface area contributed by atoms with Gasteiger partial charge in [0.1, 0.15) is 6.17 Å². The molecule has 0 aromatic heterocycles. The van der Waals surface area contributed by atoms with Crippen molar-refractivity contribution in [2.75, 3.05) is 5.32 Å². The third kappa shape index (κ3) is 7.06. The molecule has 1 aromatic carbocycles. The van der Waals surface area contributed by atoms with E-state index in [2.05, 4.69) is 10.6 Å². The number of halogens is 6. The summed E-state index contributed by atoms with van der Waals surface area (Å²) in [5.74, 6) is -0.296. The summed E-state index contributed by atoms with van der Waals surface area (Å²) in [6, 6.07) is 4.40. The van der Waals surface area contributed by atoms with E-state index in [-0.39, 0.29) is 23.9 Å². The smallest absolute Gasteiger partial charge is 0.362 e. The van der Waals surface area contributed by atoms with E-state index in [4.69, 9.17) is 34.8 Å². The van der Waals surface area contributed by atoms with E-state index < -0.39 is 21.7 Å². The number of rotatable bonds is 5. The highest BCUT2D eigenvalue weighted by molar-refractivity contribution is 6.68. The molecule has 0 fully saturated rings. The second-order valence-electron chi connectivity index (χ2n) is 5.36. The SMILES string of the molecule is CC(C)CC(=O)N[C@@H](Nc1cccc(C(F)(F)F)c1)C(Cl)(Cl)Cl. The molecule has 0 radical (unpaired) electrons. The minimum atomic E-state index is -4.49. The van der Waals surface area contributed by atoms with Crippen molar-refractivity contribution in [3.05, 3.63) is 29.8 Å². The highest BCUT2D eigenvalue weighted by Crippen LogP contribution is 2.33. The zero-order chi connectivity index (χ0) is 17.8. The van der Waals surface area contributed by atoms with Crippen LogP contribution in [0, 0.1) is 5.92 Å². The van der Waals surface area contributed by atoms with E-state index in [1.807, 2.05) is 13.8 Å². The van der Waals surface area contributed by atoms with E-state index in [1.54, 1.807) is 0 Å². The van der Waals surface area contributed by atoms with Gasteiger partial charge in [-0.3, -0.25) is 4.79 Å². The van der Waals surface area contributed by atoms with Gasteiger partial charge >= 0.3 is 6.18 Å². The van der Waals surface area contributed by atoms with Crippen LogP contribution in [0.2, 0.25) is 0 Å². The largest absolute Gasteiger partial charge is 0.416 e. The first kappa shape index (κ1) is 20.2. The van der Waals surface area contributed by atoms with Gasteiger partial charge in [0.05, 0.1) is 5.56 Å². The number of hydrogen-bond donors (Lipinski definition) is 2. The van der Waals surface area contributed by atoms with Gasteiger partial charge in [-0.15, -0.1) is 0 Å². The third-order valence-electron chi connectivity index (χ3n) is 2.73. The zero-order valence-corrected chi connectivity index (χ0v) is 14.6. The van der Waals surface area contributed by atoms with Crippen LogP contribution in [0.15, 0.2) is 24.3 Å². The molecular formula is C14H16Cl3F3N2O. The van der Waals surface area contributed by atoms with Gasteiger partial charge in [-0.25, -0.2) is 0 Å². The summed E-state index contributed by atoms with van der Waals surface area (Å²) in [5.41, 5.74) is -0.778. The first-order valence-corrected chi connectivity index (χ1v) is 7.83. The van der Waals surface area contributed by atoms with Gasteiger partial charge < -0.3 is 10.6 Å². The van der Waals surface area contributed by atoms with E-state index in [0.717, 1.165) is 12.1 Å². The average Bonchev–Trinajstić information content (AvgIpc) is 2.35. The maximum atomic E-state index is 12.7. The molecule has 0 heterocycles. The molecule has 0 aliphatic carbocycles. The Bertz CT molecular complexity index is 545. The molecule has 1 rings (SSSR count). The summed E-state index contributed by atoms with van der Waals surface area (Å²) in [6.07, 6.45) is -5.47. The van der Waals surface area contributed by atoms with Crippen LogP contribution >= 0.6 is 34.8 Å². The van der Waals surface area contributed by atoms with Crippen LogP contribution in [0.3, 0.4) is 0 Å². The quantitative estimate of drug-likeness (QED) is 0.549. The van der Waals surface area contributed by atoms with Crippen LogP contribution < -0.4 is 10.6 Å². The lowest BCUT2D eigenvalue weighted by molar-refractivity contribution is -0.137. The topological polar surface area (TPSA) is 41.1 Å².